The number of aliphatic imine (C=N–C) groups is 1. The molecule has 21 heavy (non-hydrogen) atoms. The Labute approximate surface area is 131 Å². The van der Waals surface area contributed by atoms with E-state index in [0.29, 0.717) is 12.0 Å². The van der Waals surface area contributed by atoms with Crippen molar-refractivity contribution in [2.24, 2.45) is 10.7 Å². The second kappa shape index (κ2) is 6.64. The maximum Gasteiger partial charge on any atom is 0.197 e. The smallest absolute Gasteiger partial charge is 0.197 e. The van der Waals surface area contributed by atoms with Gasteiger partial charge in [-0.15, -0.1) is 12.4 Å². The van der Waals surface area contributed by atoms with Gasteiger partial charge in [0.25, 0.3) is 0 Å². The summed E-state index contributed by atoms with van der Waals surface area (Å²) in [5.41, 5.74) is 9.70. The molecule has 0 radical (unpaired) electrons. The van der Waals surface area contributed by atoms with Crippen LogP contribution in [0.1, 0.15) is 30.5 Å². The summed E-state index contributed by atoms with van der Waals surface area (Å²) >= 11 is 0. The van der Waals surface area contributed by atoms with Gasteiger partial charge in [0.05, 0.1) is 11.7 Å². The van der Waals surface area contributed by atoms with Crippen molar-refractivity contribution in [3.8, 4) is 0 Å². The summed E-state index contributed by atoms with van der Waals surface area (Å²) in [5, 5.41) is 0. The zero-order chi connectivity index (χ0) is 13.9. The van der Waals surface area contributed by atoms with Crippen molar-refractivity contribution in [2.45, 2.75) is 25.9 Å². The van der Waals surface area contributed by atoms with E-state index in [9.17, 15) is 0 Å². The molecule has 2 aromatic rings. The van der Waals surface area contributed by atoms with E-state index in [-0.39, 0.29) is 12.4 Å². The molecule has 1 aliphatic rings. The van der Waals surface area contributed by atoms with Crippen LogP contribution in [0.3, 0.4) is 0 Å². The number of benzene rings is 2. The van der Waals surface area contributed by atoms with Crippen molar-refractivity contribution < 1.29 is 0 Å². The minimum atomic E-state index is 0. The van der Waals surface area contributed by atoms with E-state index in [2.05, 4.69) is 53.2 Å². The van der Waals surface area contributed by atoms with Gasteiger partial charge >= 0.3 is 0 Å². The molecule has 2 aromatic carbocycles. The monoisotopic (exact) mass is 301 g/mol. The summed E-state index contributed by atoms with van der Waals surface area (Å²) in [4.78, 5) is 6.73. The lowest BCUT2D eigenvalue weighted by molar-refractivity contribution is 0.293. The first-order valence-electron chi connectivity index (χ1n) is 7.03. The number of hydrogen-bond donors (Lipinski definition) is 1. The van der Waals surface area contributed by atoms with Crippen LogP contribution in [0.15, 0.2) is 59.6 Å². The van der Waals surface area contributed by atoms with Crippen LogP contribution >= 0.6 is 12.4 Å². The van der Waals surface area contributed by atoms with Crippen LogP contribution < -0.4 is 5.73 Å². The Bertz CT molecular complexity index is 625. The van der Waals surface area contributed by atoms with Gasteiger partial charge < -0.3 is 10.6 Å². The summed E-state index contributed by atoms with van der Waals surface area (Å²) in [6.45, 7) is 2.99. The number of rotatable bonds is 3. The van der Waals surface area contributed by atoms with Gasteiger partial charge in [-0.2, -0.15) is 0 Å². The minimum Gasteiger partial charge on any atom is -0.369 e. The van der Waals surface area contributed by atoms with E-state index < -0.39 is 0 Å². The van der Waals surface area contributed by atoms with Crippen molar-refractivity contribution in [1.29, 1.82) is 0 Å². The number of fused-ring (bicyclic) bond motifs is 1. The first-order chi connectivity index (χ1) is 9.79. The molecule has 1 heterocycles. The van der Waals surface area contributed by atoms with Crippen LogP contribution in [0, 0.1) is 0 Å². The summed E-state index contributed by atoms with van der Waals surface area (Å²) in [6.07, 6.45) is 1.01. The fraction of sp³-hybridized carbons (Fsp3) is 0.235. The fourth-order valence-corrected chi connectivity index (χ4v) is 2.80. The standard InChI is InChI=1S/C17H19N3.ClH/c1-2-16-14-10-6-7-11-15(14)19-17(18)20(16)12-13-8-4-3-5-9-13;/h3-11,16H,2,12H2,1H3,(H2,18,19);1H. The van der Waals surface area contributed by atoms with E-state index in [1.54, 1.807) is 0 Å². The summed E-state index contributed by atoms with van der Waals surface area (Å²) in [7, 11) is 0. The van der Waals surface area contributed by atoms with Gasteiger partial charge in [0.1, 0.15) is 0 Å². The molecule has 0 bridgehead atoms. The average molecular weight is 302 g/mol. The van der Waals surface area contributed by atoms with Crippen LogP contribution in [0.4, 0.5) is 5.69 Å². The second-order valence-electron chi connectivity index (χ2n) is 5.07. The molecule has 0 fully saturated rings. The Balaban J connectivity index is 0.00000161. The van der Waals surface area contributed by atoms with Gasteiger partial charge in [0.15, 0.2) is 5.96 Å². The molecule has 3 rings (SSSR count). The van der Waals surface area contributed by atoms with Crippen molar-refractivity contribution in [3.63, 3.8) is 0 Å². The zero-order valence-electron chi connectivity index (χ0n) is 12.1. The molecular formula is C17H20ClN3. The third-order valence-electron chi connectivity index (χ3n) is 3.78. The van der Waals surface area contributed by atoms with Gasteiger partial charge in [-0.1, -0.05) is 55.5 Å². The molecule has 110 valence electrons. The van der Waals surface area contributed by atoms with Crippen molar-refractivity contribution in [2.75, 3.05) is 0 Å². The summed E-state index contributed by atoms with van der Waals surface area (Å²) in [5.74, 6) is 0.611. The highest BCUT2D eigenvalue weighted by Gasteiger charge is 2.26. The molecule has 0 amide bonds. The molecule has 1 atom stereocenters. The first-order valence-corrected chi connectivity index (χ1v) is 7.03. The Morgan fingerprint density at radius 1 is 1.05 bits per heavy atom. The van der Waals surface area contributed by atoms with Crippen LogP contribution in [0.25, 0.3) is 0 Å². The van der Waals surface area contributed by atoms with E-state index in [0.717, 1.165) is 18.7 Å². The summed E-state index contributed by atoms with van der Waals surface area (Å²) < 4.78 is 0. The Morgan fingerprint density at radius 2 is 1.71 bits per heavy atom. The van der Waals surface area contributed by atoms with Crippen molar-refractivity contribution in [3.05, 3.63) is 65.7 Å². The lowest BCUT2D eigenvalue weighted by atomic mass is 9.98. The molecule has 1 unspecified atom stereocenters. The minimum absolute atomic E-state index is 0. The number of nitrogens with two attached hydrogens (primary N) is 1. The molecule has 3 nitrogen and oxygen atoms in total. The van der Waals surface area contributed by atoms with Gasteiger partial charge in [0, 0.05) is 12.1 Å². The normalized spacial score (nSPS) is 16.7. The van der Waals surface area contributed by atoms with Gasteiger partial charge in [-0.25, -0.2) is 4.99 Å². The topological polar surface area (TPSA) is 41.6 Å². The maximum atomic E-state index is 6.18. The quantitative estimate of drug-likeness (QED) is 0.930. The van der Waals surface area contributed by atoms with Crippen LogP contribution in [0.5, 0.6) is 0 Å². The maximum absolute atomic E-state index is 6.18. The number of hydrogen-bond acceptors (Lipinski definition) is 3. The Kier molecular flexibility index (Phi) is 4.86. The largest absolute Gasteiger partial charge is 0.369 e. The van der Waals surface area contributed by atoms with Gasteiger partial charge in [-0.05, 0) is 18.1 Å². The number of nitrogens with zero attached hydrogens (tertiary/aromatic N) is 2. The van der Waals surface area contributed by atoms with Crippen molar-refractivity contribution >= 4 is 24.1 Å². The van der Waals surface area contributed by atoms with Crippen LogP contribution in [-0.4, -0.2) is 10.9 Å². The highest BCUT2D eigenvalue weighted by molar-refractivity contribution is 5.85. The fourth-order valence-electron chi connectivity index (χ4n) is 2.80. The number of guanidine groups is 1. The second-order valence-corrected chi connectivity index (χ2v) is 5.07. The molecule has 4 heteroatoms. The number of para-hydroxylation sites is 1. The van der Waals surface area contributed by atoms with E-state index in [1.165, 1.54) is 11.1 Å². The molecule has 0 aliphatic carbocycles. The highest BCUT2D eigenvalue weighted by Crippen LogP contribution is 2.36. The molecule has 1 aliphatic heterocycles. The molecule has 0 saturated carbocycles. The van der Waals surface area contributed by atoms with Crippen molar-refractivity contribution in [1.82, 2.24) is 4.90 Å². The van der Waals surface area contributed by atoms with Gasteiger partial charge in [-0.3, -0.25) is 0 Å². The first kappa shape index (κ1) is 15.4. The zero-order valence-corrected chi connectivity index (χ0v) is 12.9. The molecule has 0 spiro atoms. The highest BCUT2D eigenvalue weighted by atomic mass is 35.5. The average Bonchev–Trinajstić information content (AvgIpc) is 2.49. The predicted octanol–water partition coefficient (Wildman–Crippen LogP) is 4.02. The third kappa shape index (κ3) is 3.03. The van der Waals surface area contributed by atoms with Gasteiger partial charge in [0.2, 0.25) is 0 Å². The lowest BCUT2D eigenvalue weighted by Gasteiger charge is -2.36. The Hall–Kier alpha value is -2.00. The Morgan fingerprint density at radius 3 is 2.43 bits per heavy atom. The SMILES string of the molecule is CCC1c2ccccc2N=C(N)N1Cc1ccccc1.Cl. The van der Waals surface area contributed by atoms with E-state index in [1.807, 2.05) is 18.2 Å². The third-order valence-corrected chi connectivity index (χ3v) is 3.78. The van der Waals surface area contributed by atoms with Crippen LogP contribution in [-0.2, 0) is 6.54 Å². The lowest BCUT2D eigenvalue weighted by Crippen LogP contribution is -2.41. The molecule has 0 aromatic heterocycles. The van der Waals surface area contributed by atoms with E-state index in [4.69, 9.17) is 5.73 Å². The summed E-state index contributed by atoms with van der Waals surface area (Å²) in [6, 6.07) is 19.0. The van der Waals surface area contributed by atoms with E-state index >= 15 is 0 Å². The number of halogens is 1. The molecular weight excluding hydrogens is 282 g/mol. The molecule has 0 saturated heterocycles. The molecule has 2 N–H and O–H groups in total. The predicted molar refractivity (Wildman–Crippen MR) is 90.0 cm³/mol. The van der Waals surface area contributed by atoms with Crippen LogP contribution in [0.2, 0.25) is 0 Å².